The maximum absolute atomic E-state index is 7.32. The Hall–Kier alpha value is -0.620. The van der Waals surface area contributed by atoms with Crippen LogP contribution >= 0.6 is 33.9 Å². The number of nitrogens with one attached hydrogen (secondary N) is 1. The van der Waals surface area contributed by atoms with E-state index in [2.05, 4.69) is 34.7 Å². The van der Waals surface area contributed by atoms with Crippen molar-refractivity contribution in [2.45, 2.75) is 0 Å². The van der Waals surface area contributed by atoms with Crippen LogP contribution in [-0.4, -0.2) is 5.84 Å². The summed E-state index contributed by atoms with van der Waals surface area (Å²) in [7, 11) is 0. The zero-order chi connectivity index (χ0) is 9.42. The van der Waals surface area contributed by atoms with Crippen molar-refractivity contribution in [3.05, 3.63) is 32.7 Å². The molecule has 0 saturated heterocycles. The maximum Gasteiger partial charge on any atom is 0.133 e. The second kappa shape index (κ2) is 3.26. The van der Waals surface area contributed by atoms with Gasteiger partial charge in [0.05, 0.1) is 4.88 Å². The van der Waals surface area contributed by atoms with Crippen molar-refractivity contribution >= 4 is 49.8 Å². The number of rotatable bonds is 1. The van der Waals surface area contributed by atoms with Crippen molar-refractivity contribution in [1.82, 2.24) is 0 Å². The summed E-state index contributed by atoms with van der Waals surface area (Å²) in [5, 5.41) is 8.52. The van der Waals surface area contributed by atoms with Gasteiger partial charge in [0.15, 0.2) is 0 Å². The number of halogens is 1. The van der Waals surface area contributed by atoms with Gasteiger partial charge in [-0.3, -0.25) is 5.41 Å². The third kappa shape index (κ3) is 1.55. The largest absolute Gasteiger partial charge is 0.383 e. The normalized spacial score (nSPS) is 10.5. The second-order valence-corrected chi connectivity index (χ2v) is 4.92. The SMILES string of the molecule is N=C(N)c1cc2c(I)cccc2s1. The van der Waals surface area contributed by atoms with E-state index in [9.17, 15) is 0 Å². The standard InChI is InChI=1S/C9H7IN2S/c10-6-2-1-3-7-5(6)4-8(13-7)9(11)12/h1-4H,(H3,11,12). The van der Waals surface area contributed by atoms with Crippen LogP contribution in [0.3, 0.4) is 0 Å². The van der Waals surface area contributed by atoms with Gasteiger partial charge in [0, 0.05) is 13.7 Å². The maximum atomic E-state index is 7.32. The lowest BCUT2D eigenvalue weighted by Crippen LogP contribution is -2.08. The number of hydrogen-bond donors (Lipinski definition) is 2. The van der Waals surface area contributed by atoms with Crippen molar-refractivity contribution in [2.75, 3.05) is 0 Å². The van der Waals surface area contributed by atoms with Gasteiger partial charge in [0.2, 0.25) is 0 Å². The Labute approximate surface area is 93.4 Å². The second-order valence-electron chi connectivity index (χ2n) is 2.68. The molecule has 0 aliphatic carbocycles. The van der Waals surface area contributed by atoms with Gasteiger partial charge in [0.1, 0.15) is 5.84 Å². The summed E-state index contributed by atoms with van der Waals surface area (Å²) in [6, 6.07) is 8.10. The molecule has 1 heterocycles. The van der Waals surface area contributed by atoms with E-state index in [1.807, 2.05) is 12.1 Å². The van der Waals surface area contributed by atoms with E-state index in [1.54, 1.807) is 11.3 Å². The minimum Gasteiger partial charge on any atom is -0.383 e. The molecule has 0 saturated carbocycles. The Morgan fingerprint density at radius 2 is 2.23 bits per heavy atom. The molecule has 0 fully saturated rings. The fourth-order valence-corrected chi connectivity index (χ4v) is 2.94. The predicted molar refractivity (Wildman–Crippen MR) is 65.6 cm³/mol. The van der Waals surface area contributed by atoms with E-state index in [0.717, 1.165) is 4.88 Å². The summed E-state index contributed by atoms with van der Waals surface area (Å²) in [6.45, 7) is 0. The van der Waals surface area contributed by atoms with Gasteiger partial charge >= 0.3 is 0 Å². The van der Waals surface area contributed by atoms with E-state index in [-0.39, 0.29) is 5.84 Å². The van der Waals surface area contributed by atoms with Crippen LogP contribution in [0.4, 0.5) is 0 Å². The van der Waals surface area contributed by atoms with Crippen molar-refractivity contribution < 1.29 is 0 Å². The minimum absolute atomic E-state index is 0.150. The molecular weight excluding hydrogens is 295 g/mol. The Bertz CT molecular complexity index is 475. The summed E-state index contributed by atoms with van der Waals surface area (Å²) in [4.78, 5) is 0.846. The number of nitrogens with two attached hydrogens (primary N) is 1. The molecular formula is C9H7IN2S. The van der Waals surface area contributed by atoms with Gasteiger partial charge in [0.25, 0.3) is 0 Å². The lowest BCUT2D eigenvalue weighted by atomic mass is 10.2. The molecule has 0 spiro atoms. The number of amidine groups is 1. The van der Waals surface area contributed by atoms with Crippen molar-refractivity contribution in [2.24, 2.45) is 5.73 Å². The number of benzene rings is 1. The van der Waals surface area contributed by atoms with Crippen LogP contribution in [0.5, 0.6) is 0 Å². The highest BCUT2D eigenvalue weighted by Crippen LogP contribution is 2.28. The number of thiophene rings is 1. The molecule has 0 radical (unpaired) electrons. The van der Waals surface area contributed by atoms with E-state index < -0.39 is 0 Å². The average molecular weight is 302 g/mol. The Morgan fingerprint density at radius 3 is 2.85 bits per heavy atom. The fraction of sp³-hybridized carbons (Fsp3) is 0. The van der Waals surface area contributed by atoms with Gasteiger partial charge in [-0.15, -0.1) is 11.3 Å². The zero-order valence-electron chi connectivity index (χ0n) is 6.67. The van der Waals surface area contributed by atoms with Crippen LogP contribution < -0.4 is 5.73 Å². The van der Waals surface area contributed by atoms with Crippen LogP contribution in [0.15, 0.2) is 24.3 Å². The molecule has 2 aromatic rings. The highest BCUT2D eigenvalue weighted by atomic mass is 127. The van der Waals surface area contributed by atoms with Gasteiger partial charge in [-0.25, -0.2) is 0 Å². The zero-order valence-corrected chi connectivity index (χ0v) is 9.65. The van der Waals surface area contributed by atoms with Crippen LogP contribution in [0.25, 0.3) is 10.1 Å². The summed E-state index contributed by atoms with van der Waals surface area (Å²) >= 11 is 3.86. The summed E-state index contributed by atoms with van der Waals surface area (Å²) < 4.78 is 2.40. The summed E-state index contributed by atoms with van der Waals surface area (Å²) in [5.74, 6) is 0.150. The van der Waals surface area contributed by atoms with Crippen LogP contribution in [0.1, 0.15) is 4.88 Å². The first kappa shape index (κ1) is 8.96. The molecule has 66 valence electrons. The third-order valence-corrected chi connectivity index (χ3v) is 3.85. The summed E-state index contributed by atoms with van der Waals surface area (Å²) in [5.41, 5.74) is 5.42. The Morgan fingerprint density at radius 1 is 1.46 bits per heavy atom. The van der Waals surface area contributed by atoms with Gasteiger partial charge in [-0.05, 0) is 40.8 Å². The molecule has 4 heteroatoms. The first-order valence-corrected chi connectivity index (χ1v) is 5.60. The first-order chi connectivity index (χ1) is 6.18. The smallest absolute Gasteiger partial charge is 0.133 e. The first-order valence-electron chi connectivity index (χ1n) is 3.71. The van der Waals surface area contributed by atoms with Crippen molar-refractivity contribution in [3.63, 3.8) is 0 Å². The lowest BCUT2D eigenvalue weighted by Gasteiger charge is -1.89. The molecule has 2 nitrogen and oxygen atoms in total. The third-order valence-electron chi connectivity index (χ3n) is 1.77. The molecule has 0 unspecified atom stereocenters. The molecule has 0 atom stereocenters. The van der Waals surface area contributed by atoms with Crippen LogP contribution in [0, 0.1) is 8.98 Å². The highest BCUT2D eigenvalue weighted by molar-refractivity contribution is 14.1. The summed E-state index contributed by atoms with van der Waals surface area (Å²) in [6.07, 6.45) is 0. The molecule has 0 bridgehead atoms. The molecule has 3 N–H and O–H groups in total. The fourth-order valence-electron chi connectivity index (χ4n) is 1.16. The number of fused-ring (bicyclic) bond motifs is 1. The van der Waals surface area contributed by atoms with Crippen molar-refractivity contribution in [1.29, 1.82) is 5.41 Å². The predicted octanol–water partition coefficient (Wildman–Crippen LogP) is 2.79. The topological polar surface area (TPSA) is 49.9 Å². The Kier molecular flexibility index (Phi) is 2.25. The average Bonchev–Trinajstić information content (AvgIpc) is 2.49. The minimum atomic E-state index is 0.150. The molecule has 1 aromatic heterocycles. The molecule has 0 aliphatic rings. The van der Waals surface area contributed by atoms with E-state index in [4.69, 9.17) is 11.1 Å². The van der Waals surface area contributed by atoms with Crippen LogP contribution in [0.2, 0.25) is 0 Å². The number of nitrogen functional groups attached to an aromatic ring is 1. The van der Waals surface area contributed by atoms with E-state index in [1.165, 1.54) is 13.7 Å². The quantitative estimate of drug-likeness (QED) is 0.475. The highest BCUT2D eigenvalue weighted by Gasteiger charge is 2.05. The van der Waals surface area contributed by atoms with Gasteiger partial charge in [-0.1, -0.05) is 6.07 Å². The van der Waals surface area contributed by atoms with Crippen molar-refractivity contribution in [3.8, 4) is 0 Å². The molecule has 0 amide bonds. The number of hydrogen-bond acceptors (Lipinski definition) is 2. The van der Waals surface area contributed by atoms with E-state index in [0.29, 0.717) is 0 Å². The van der Waals surface area contributed by atoms with E-state index >= 15 is 0 Å². The molecule has 13 heavy (non-hydrogen) atoms. The molecule has 0 aliphatic heterocycles. The van der Waals surface area contributed by atoms with Crippen LogP contribution in [-0.2, 0) is 0 Å². The monoisotopic (exact) mass is 302 g/mol. The van der Waals surface area contributed by atoms with Gasteiger partial charge < -0.3 is 5.73 Å². The lowest BCUT2D eigenvalue weighted by molar-refractivity contribution is 1.46. The molecule has 2 rings (SSSR count). The molecule has 1 aromatic carbocycles. The Balaban J connectivity index is 2.75. The van der Waals surface area contributed by atoms with Gasteiger partial charge in [-0.2, -0.15) is 0 Å².